The molecule has 9 heteroatoms. The highest BCUT2D eigenvalue weighted by atomic mass is 35.5. The molecule has 0 amide bonds. The molecule has 0 spiro atoms. The van der Waals surface area contributed by atoms with Gasteiger partial charge in [-0.15, -0.1) is 0 Å². The fourth-order valence-corrected chi connectivity index (χ4v) is 5.91. The molecular formula is C24H24ClN5O2S. The Morgan fingerprint density at radius 1 is 0.970 bits per heavy atom. The molecule has 3 N–H and O–H groups in total. The van der Waals surface area contributed by atoms with Gasteiger partial charge in [-0.2, -0.15) is 0 Å². The number of hydrogen-bond acceptors (Lipinski definition) is 5. The van der Waals surface area contributed by atoms with Crippen molar-refractivity contribution >= 4 is 38.5 Å². The van der Waals surface area contributed by atoms with Gasteiger partial charge in [-0.25, -0.2) is 23.1 Å². The van der Waals surface area contributed by atoms with Crippen LogP contribution in [0.3, 0.4) is 0 Å². The summed E-state index contributed by atoms with van der Waals surface area (Å²) in [5.41, 5.74) is 2.80. The minimum atomic E-state index is -3.50. The Labute approximate surface area is 197 Å². The zero-order valence-corrected chi connectivity index (χ0v) is 19.4. The predicted octanol–water partition coefficient (Wildman–Crippen LogP) is 4.98. The van der Waals surface area contributed by atoms with Gasteiger partial charge in [0.15, 0.2) is 0 Å². The van der Waals surface area contributed by atoms with Crippen LogP contribution in [0.2, 0.25) is 5.15 Å². The van der Waals surface area contributed by atoms with Gasteiger partial charge < -0.3 is 10.3 Å². The average molecular weight is 482 g/mol. The van der Waals surface area contributed by atoms with E-state index in [4.69, 9.17) is 11.6 Å². The lowest BCUT2D eigenvalue weighted by molar-refractivity contribution is 0.387. The van der Waals surface area contributed by atoms with Gasteiger partial charge in [-0.05, 0) is 67.6 Å². The van der Waals surface area contributed by atoms with Crippen LogP contribution in [0.15, 0.2) is 71.9 Å². The third-order valence-corrected chi connectivity index (χ3v) is 7.74. The quantitative estimate of drug-likeness (QED) is 0.337. The third kappa shape index (κ3) is 4.88. The number of benzene rings is 1. The van der Waals surface area contributed by atoms with E-state index in [1.165, 1.54) is 0 Å². The minimum Gasteiger partial charge on any atom is -0.367 e. The fourth-order valence-electron chi connectivity index (χ4n) is 4.37. The SMILES string of the molecule is O=S(=O)(NC1CCC(Nc2cc(-c3c[nH]c4ncccc34)cc(Cl)n2)CC1)c1ccccc1. The molecule has 4 aromatic rings. The van der Waals surface area contributed by atoms with E-state index < -0.39 is 10.0 Å². The van der Waals surface area contributed by atoms with Crippen molar-refractivity contribution in [2.45, 2.75) is 42.7 Å². The number of pyridine rings is 2. The summed E-state index contributed by atoms with van der Waals surface area (Å²) < 4.78 is 28.0. The normalized spacial score (nSPS) is 18.9. The standard InChI is InChI=1S/C24H24ClN5O2S/c25-22-13-16(21-15-27-24-20(21)7-4-12-26-24)14-23(29-22)28-17-8-10-18(11-9-17)30-33(31,32)19-5-2-1-3-6-19/h1-7,12-15,17-18,30H,8-11H2,(H,26,27)(H,28,29). The van der Waals surface area contributed by atoms with Crippen LogP contribution in [-0.2, 0) is 10.0 Å². The number of nitrogens with one attached hydrogen (secondary N) is 3. The van der Waals surface area contributed by atoms with Crippen LogP contribution in [0.25, 0.3) is 22.2 Å². The summed E-state index contributed by atoms with van der Waals surface area (Å²) in [7, 11) is -3.50. The molecule has 7 nitrogen and oxygen atoms in total. The molecule has 3 heterocycles. The zero-order valence-electron chi connectivity index (χ0n) is 17.8. The Hall–Kier alpha value is -2.94. The van der Waals surface area contributed by atoms with E-state index in [-0.39, 0.29) is 12.1 Å². The number of fused-ring (bicyclic) bond motifs is 1. The molecule has 0 atom stereocenters. The first kappa shape index (κ1) is 21.9. The Kier molecular flexibility index (Phi) is 6.05. The minimum absolute atomic E-state index is 0.0742. The number of H-pyrrole nitrogens is 1. The number of aromatic amines is 1. The van der Waals surface area contributed by atoms with Gasteiger partial charge in [-0.3, -0.25) is 0 Å². The number of anilines is 1. The molecule has 1 aromatic carbocycles. The average Bonchev–Trinajstić information content (AvgIpc) is 3.25. The second kappa shape index (κ2) is 9.13. The Morgan fingerprint density at radius 3 is 2.52 bits per heavy atom. The van der Waals surface area contributed by atoms with E-state index in [1.54, 1.807) is 36.5 Å². The summed E-state index contributed by atoms with van der Waals surface area (Å²) in [4.78, 5) is 12.3. The summed E-state index contributed by atoms with van der Waals surface area (Å²) in [6, 6.07) is 16.4. The molecule has 1 fully saturated rings. The Balaban J connectivity index is 1.25. The summed E-state index contributed by atoms with van der Waals surface area (Å²) in [5.74, 6) is 0.712. The van der Waals surface area contributed by atoms with Crippen LogP contribution in [0.5, 0.6) is 0 Å². The molecule has 33 heavy (non-hydrogen) atoms. The summed E-state index contributed by atoms with van der Waals surface area (Å²) in [6.07, 6.45) is 6.87. The maximum absolute atomic E-state index is 12.6. The maximum Gasteiger partial charge on any atom is 0.240 e. The van der Waals surface area contributed by atoms with Crippen molar-refractivity contribution in [2.24, 2.45) is 0 Å². The third-order valence-electron chi connectivity index (χ3n) is 6.01. The van der Waals surface area contributed by atoms with Crippen molar-refractivity contribution in [2.75, 3.05) is 5.32 Å². The van der Waals surface area contributed by atoms with Crippen molar-refractivity contribution in [1.29, 1.82) is 0 Å². The van der Waals surface area contributed by atoms with Crippen molar-refractivity contribution in [3.8, 4) is 11.1 Å². The topological polar surface area (TPSA) is 99.8 Å². The van der Waals surface area contributed by atoms with E-state index in [9.17, 15) is 8.42 Å². The Morgan fingerprint density at radius 2 is 1.73 bits per heavy atom. The molecule has 1 aliphatic carbocycles. The highest BCUT2D eigenvalue weighted by Crippen LogP contribution is 2.31. The second-order valence-electron chi connectivity index (χ2n) is 8.29. The van der Waals surface area contributed by atoms with E-state index in [0.717, 1.165) is 47.8 Å². The molecule has 170 valence electrons. The summed E-state index contributed by atoms with van der Waals surface area (Å²) in [6.45, 7) is 0. The van der Waals surface area contributed by atoms with Crippen molar-refractivity contribution in [1.82, 2.24) is 19.7 Å². The molecule has 0 bridgehead atoms. The van der Waals surface area contributed by atoms with Crippen LogP contribution in [0, 0.1) is 0 Å². The number of halogens is 1. The van der Waals surface area contributed by atoms with Gasteiger partial charge in [0.25, 0.3) is 0 Å². The van der Waals surface area contributed by atoms with Crippen LogP contribution >= 0.6 is 11.6 Å². The largest absolute Gasteiger partial charge is 0.367 e. The molecule has 0 radical (unpaired) electrons. The zero-order chi connectivity index (χ0) is 22.8. The van der Waals surface area contributed by atoms with E-state index in [1.807, 2.05) is 30.5 Å². The number of rotatable bonds is 6. The number of nitrogens with zero attached hydrogens (tertiary/aromatic N) is 2. The number of aromatic nitrogens is 3. The molecular weight excluding hydrogens is 458 g/mol. The second-order valence-corrected chi connectivity index (χ2v) is 10.4. The smallest absolute Gasteiger partial charge is 0.240 e. The molecule has 1 aliphatic rings. The monoisotopic (exact) mass is 481 g/mol. The summed E-state index contributed by atoms with van der Waals surface area (Å²) in [5, 5.41) is 4.93. The van der Waals surface area contributed by atoms with Gasteiger partial charge >= 0.3 is 0 Å². The highest BCUT2D eigenvalue weighted by Gasteiger charge is 2.26. The van der Waals surface area contributed by atoms with Crippen molar-refractivity contribution in [3.05, 3.63) is 72.1 Å². The lowest BCUT2D eigenvalue weighted by Gasteiger charge is -2.30. The first-order valence-corrected chi connectivity index (χ1v) is 12.8. The van der Waals surface area contributed by atoms with Crippen LogP contribution in [-0.4, -0.2) is 35.5 Å². The van der Waals surface area contributed by atoms with Crippen LogP contribution < -0.4 is 10.0 Å². The van der Waals surface area contributed by atoms with Crippen molar-refractivity contribution < 1.29 is 8.42 Å². The number of hydrogen-bond donors (Lipinski definition) is 3. The van der Waals surface area contributed by atoms with E-state index >= 15 is 0 Å². The van der Waals surface area contributed by atoms with Gasteiger partial charge in [0.05, 0.1) is 4.90 Å². The summed E-state index contributed by atoms with van der Waals surface area (Å²) >= 11 is 6.34. The van der Waals surface area contributed by atoms with Gasteiger partial charge in [0.2, 0.25) is 10.0 Å². The number of sulfonamides is 1. The van der Waals surface area contributed by atoms with Crippen molar-refractivity contribution in [3.63, 3.8) is 0 Å². The molecule has 3 aromatic heterocycles. The fraction of sp³-hybridized carbons (Fsp3) is 0.250. The maximum atomic E-state index is 12.6. The molecule has 5 rings (SSSR count). The molecule has 0 unspecified atom stereocenters. The van der Waals surface area contributed by atoms with Crippen LogP contribution in [0.4, 0.5) is 5.82 Å². The first-order chi connectivity index (χ1) is 16.0. The highest BCUT2D eigenvalue weighted by molar-refractivity contribution is 7.89. The van der Waals surface area contributed by atoms with E-state index in [2.05, 4.69) is 25.0 Å². The predicted molar refractivity (Wildman–Crippen MR) is 131 cm³/mol. The lowest BCUT2D eigenvalue weighted by Crippen LogP contribution is -2.40. The molecule has 1 saturated carbocycles. The lowest BCUT2D eigenvalue weighted by atomic mass is 9.92. The molecule has 0 aliphatic heterocycles. The van der Waals surface area contributed by atoms with Gasteiger partial charge in [-0.1, -0.05) is 29.8 Å². The first-order valence-electron chi connectivity index (χ1n) is 10.9. The van der Waals surface area contributed by atoms with Gasteiger partial charge in [0.1, 0.15) is 16.6 Å². The van der Waals surface area contributed by atoms with E-state index in [0.29, 0.717) is 15.9 Å². The van der Waals surface area contributed by atoms with Gasteiger partial charge in [0, 0.05) is 35.4 Å². The Bertz CT molecular complexity index is 1370. The van der Waals surface area contributed by atoms with Crippen LogP contribution in [0.1, 0.15) is 25.7 Å². The molecule has 0 saturated heterocycles.